The number of hydrogen-bond acceptors (Lipinski definition) is 4. The van der Waals surface area contributed by atoms with Crippen LogP contribution in [0.1, 0.15) is 19.3 Å². The standard InChI is InChI=1S/C18H20BrN3O2.2ClH/c19-14-2-1-3-16(10-14)24-18-7-5-15(12-21-18)22-17(23)6-4-13-8-9-20-11-13;;/h1-3,5,7,10,12-13,20H,4,6,8-9,11H2,(H,22,23);2*1H. The second-order valence-electron chi connectivity index (χ2n) is 5.89. The molecular formula is C18H22BrCl2N3O2. The molecule has 2 N–H and O–H groups in total. The maximum Gasteiger partial charge on any atom is 0.224 e. The molecule has 0 aliphatic carbocycles. The lowest BCUT2D eigenvalue weighted by Gasteiger charge is -2.09. The fourth-order valence-electron chi connectivity index (χ4n) is 2.69. The fourth-order valence-corrected chi connectivity index (χ4v) is 3.06. The Hall–Kier alpha value is -1.34. The lowest BCUT2D eigenvalue weighted by molar-refractivity contribution is -0.116. The average molecular weight is 463 g/mol. The third-order valence-electron chi connectivity index (χ3n) is 3.98. The Labute approximate surface area is 174 Å². The SMILES string of the molecule is Cl.Cl.O=C(CCC1CCNC1)Nc1ccc(Oc2cccc(Br)c2)nc1. The minimum Gasteiger partial charge on any atom is -0.439 e. The number of anilines is 1. The molecule has 0 radical (unpaired) electrons. The minimum atomic E-state index is 0. The number of nitrogens with one attached hydrogen (secondary N) is 2. The van der Waals surface area contributed by atoms with Gasteiger partial charge in [-0.1, -0.05) is 22.0 Å². The summed E-state index contributed by atoms with van der Waals surface area (Å²) in [5, 5.41) is 6.20. The van der Waals surface area contributed by atoms with Crippen LogP contribution >= 0.6 is 40.7 Å². The van der Waals surface area contributed by atoms with E-state index in [1.807, 2.05) is 24.3 Å². The molecule has 2 heterocycles. The molecule has 3 rings (SSSR count). The first-order valence-electron chi connectivity index (χ1n) is 8.09. The number of hydrogen-bond donors (Lipinski definition) is 2. The van der Waals surface area contributed by atoms with Crippen LogP contribution in [0, 0.1) is 5.92 Å². The van der Waals surface area contributed by atoms with Gasteiger partial charge in [0, 0.05) is 17.0 Å². The molecule has 1 unspecified atom stereocenters. The molecule has 1 aromatic heterocycles. The van der Waals surface area contributed by atoms with Crippen LogP contribution < -0.4 is 15.4 Å². The summed E-state index contributed by atoms with van der Waals surface area (Å²) >= 11 is 3.40. The van der Waals surface area contributed by atoms with Crippen molar-refractivity contribution in [1.82, 2.24) is 10.3 Å². The topological polar surface area (TPSA) is 63.2 Å². The Morgan fingerprint density at radius 1 is 1.31 bits per heavy atom. The van der Waals surface area contributed by atoms with Gasteiger partial charge in [-0.05, 0) is 56.1 Å². The highest BCUT2D eigenvalue weighted by atomic mass is 79.9. The number of carbonyl (C=O) groups excluding carboxylic acids is 1. The molecule has 142 valence electrons. The van der Waals surface area contributed by atoms with Crippen molar-refractivity contribution in [3.8, 4) is 11.6 Å². The van der Waals surface area contributed by atoms with Crippen LogP contribution in [0.3, 0.4) is 0 Å². The van der Waals surface area contributed by atoms with Gasteiger partial charge in [-0.15, -0.1) is 24.8 Å². The van der Waals surface area contributed by atoms with Crippen LogP contribution in [-0.2, 0) is 4.79 Å². The summed E-state index contributed by atoms with van der Waals surface area (Å²) < 4.78 is 6.62. The highest BCUT2D eigenvalue weighted by Crippen LogP contribution is 2.23. The van der Waals surface area contributed by atoms with E-state index in [0.29, 0.717) is 29.7 Å². The molecule has 0 bridgehead atoms. The van der Waals surface area contributed by atoms with Crippen molar-refractivity contribution < 1.29 is 9.53 Å². The van der Waals surface area contributed by atoms with Gasteiger partial charge in [0.2, 0.25) is 11.8 Å². The molecule has 1 aliphatic rings. The smallest absolute Gasteiger partial charge is 0.224 e. The van der Waals surface area contributed by atoms with Crippen LogP contribution in [0.15, 0.2) is 47.1 Å². The normalized spacial score (nSPS) is 15.5. The summed E-state index contributed by atoms with van der Waals surface area (Å²) in [5.74, 6) is 1.85. The molecule has 0 saturated carbocycles. The van der Waals surface area contributed by atoms with Gasteiger partial charge in [0.1, 0.15) is 5.75 Å². The van der Waals surface area contributed by atoms with Gasteiger partial charge in [-0.2, -0.15) is 0 Å². The minimum absolute atomic E-state index is 0. The number of amides is 1. The molecule has 1 fully saturated rings. The van der Waals surface area contributed by atoms with E-state index in [1.54, 1.807) is 18.3 Å². The lowest BCUT2D eigenvalue weighted by Crippen LogP contribution is -2.15. The Morgan fingerprint density at radius 2 is 2.15 bits per heavy atom. The van der Waals surface area contributed by atoms with Crippen LogP contribution in [0.2, 0.25) is 0 Å². The summed E-state index contributed by atoms with van der Waals surface area (Å²) in [5.41, 5.74) is 0.686. The zero-order valence-electron chi connectivity index (χ0n) is 14.1. The summed E-state index contributed by atoms with van der Waals surface area (Å²) in [7, 11) is 0. The van der Waals surface area contributed by atoms with Crippen LogP contribution in [0.4, 0.5) is 5.69 Å². The summed E-state index contributed by atoms with van der Waals surface area (Å²) in [4.78, 5) is 16.2. The van der Waals surface area contributed by atoms with Crippen molar-refractivity contribution in [1.29, 1.82) is 0 Å². The molecule has 1 amide bonds. The number of rotatable bonds is 6. The quantitative estimate of drug-likeness (QED) is 0.646. The highest BCUT2D eigenvalue weighted by Gasteiger charge is 2.15. The van der Waals surface area contributed by atoms with Crippen molar-refractivity contribution in [3.05, 3.63) is 47.1 Å². The third-order valence-corrected chi connectivity index (χ3v) is 4.47. The monoisotopic (exact) mass is 461 g/mol. The van der Waals surface area contributed by atoms with E-state index >= 15 is 0 Å². The predicted octanol–water partition coefficient (Wildman–Crippen LogP) is 4.81. The largest absolute Gasteiger partial charge is 0.439 e. The molecule has 26 heavy (non-hydrogen) atoms. The predicted molar refractivity (Wildman–Crippen MR) is 112 cm³/mol. The molecule has 0 spiro atoms. The second kappa shape index (κ2) is 11.4. The number of carbonyl (C=O) groups is 1. The lowest BCUT2D eigenvalue weighted by atomic mass is 10.0. The van der Waals surface area contributed by atoms with E-state index in [2.05, 4.69) is 31.5 Å². The van der Waals surface area contributed by atoms with E-state index in [0.717, 1.165) is 30.4 Å². The van der Waals surface area contributed by atoms with Crippen LogP contribution in [0.5, 0.6) is 11.6 Å². The van der Waals surface area contributed by atoms with Crippen molar-refractivity contribution >= 4 is 52.3 Å². The number of aromatic nitrogens is 1. The van der Waals surface area contributed by atoms with Gasteiger partial charge in [-0.3, -0.25) is 4.79 Å². The Morgan fingerprint density at radius 3 is 2.81 bits per heavy atom. The summed E-state index contributed by atoms with van der Waals surface area (Å²) in [6.07, 6.45) is 4.25. The first kappa shape index (κ1) is 22.7. The number of benzene rings is 1. The van der Waals surface area contributed by atoms with E-state index in [9.17, 15) is 4.79 Å². The van der Waals surface area contributed by atoms with Crippen molar-refractivity contribution in [2.75, 3.05) is 18.4 Å². The maximum atomic E-state index is 12.0. The van der Waals surface area contributed by atoms with Gasteiger partial charge in [0.15, 0.2) is 0 Å². The van der Waals surface area contributed by atoms with Crippen molar-refractivity contribution in [2.45, 2.75) is 19.3 Å². The van der Waals surface area contributed by atoms with E-state index < -0.39 is 0 Å². The van der Waals surface area contributed by atoms with Crippen molar-refractivity contribution in [2.24, 2.45) is 5.92 Å². The van der Waals surface area contributed by atoms with Crippen LogP contribution in [-0.4, -0.2) is 24.0 Å². The number of pyridine rings is 1. The Kier molecular flexibility index (Phi) is 9.94. The van der Waals surface area contributed by atoms with E-state index in [1.165, 1.54) is 0 Å². The third kappa shape index (κ3) is 7.11. The highest BCUT2D eigenvalue weighted by molar-refractivity contribution is 9.10. The second-order valence-corrected chi connectivity index (χ2v) is 6.81. The molecule has 8 heteroatoms. The fraction of sp³-hybridized carbons (Fsp3) is 0.333. The van der Waals surface area contributed by atoms with Gasteiger partial charge >= 0.3 is 0 Å². The molecule has 1 atom stereocenters. The maximum absolute atomic E-state index is 12.0. The molecule has 1 aliphatic heterocycles. The molecule has 2 aromatic rings. The summed E-state index contributed by atoms with van der Waals surface area (Å²) in [6, 6.07) is 11.1. The first-order chi connectivity index (χ1) is 11.7. The van der Waals surface area contributed by atoms with Gasteiger partial charge in [-0.25, -0.2) is 4.98 Å². The molecule has 1 saturated heterocycles. The Balaban J connectivity index is 0.00000169. The molecule has 1 aromatic carbocycles. The number of halogens is 3. The van der Waals surface area contributed by atoms with E-state index in [4.69, 9.17) is 4.74 Å². The number of nitrogens with zero attached hydrogens (tertiary/aromatic N) is 1. The Bertz CT molecular complexity index is 695. The van der Waals surface area contributed by atoms with Crippen molar-refractivity contribution in [3.63, 3.8) is 0 Å². The van der Waals surface area contributed by atoms with E-state index in [-0.39, 0.29) is 30.7 Å². The zero-order chi connectivity index (χ0) is 16.8. The van der Waals surface area contributed by atoms with Gasteiger partial charge < -0.3 is 15.4 Å². The number of ether oxygens (including phenoxy) is 1. The average Bonchev–Trinajstić information content (AvgIpc) is 3.08. The van der Waals surface area contributed by atoms with Crippen LogP contribution in [0.25, 0.3) is 0 Å². The zero-order valence-corrected chi connectivity index (χ0v) is 17.3. The molecular weight excluding hydrogens is 441 g/mol. The first-order valence-corrected chi connectivity index (χ1v) is 8.88. The van der Waals surface area contributed by atoms with Gasteiger partial charge in [0.25, 0.3) is 0 Å². The van der Waals surface area contributed by atoms with Gasteiger partial charge in [0.05, 0.1) is 11.9 Å². The molecule has 5 nitrogen and oxygen atoms in total. The summed E-state index contributed by atoms with van der Waals surface area (Å²) in [6.45, 7) is 2.09.